The lowest BCUT2D eigenvalue weighted by atomic mass is 10.1. The van der Waals surface area contributed by atoms with Gasteiger partial charge in [-0.3, -0.25) is 9.59 Å². The fraction of sp³-hybridized carbons (Fsp3) is 0.467. The first-order valence-corrected chi connectivity index (χ1v) is 7.67. The van der Waals surface area contributed by atoms with Gasteiger partial charge in [-0.2, -0.15) is 0 Å². The van der Waals surface area contributed by atoms with E-state index in [1.807, 2.05) is 31.2 Å². The Morgan fingerprint density at radius 2 is 1.75 bits per heavy atom. The van der Waals surface area contributed by atoms with Gasteiger partial charge in [-0.15, -0.1) is 11.8 Å². The maximum Gasteiger partial charge on any atom is 0.230 e. The van der Waals surface area contributed by atoms with E-state index in [1.165, 1.54) is 18.7 Å². The van der Waals surface area contributed by atoms with Crippen molar-refractivity contribution in [1.82, 2.24) is 5.32 Å². The van der Waals surface area contributed by atoms with E-state index in [-0.39, 0.29) is 17.9 Å². The molecule has 0 saturated heterocycles. The second-order valence-electron chi connectivity index (χ2n) is 5.09. The van der Waals surface area contributed by atoms with E-state index in [0.717, 1.165) is 10.6 Å². The van der Waals surface area contributed by atoms with Gasteiger partial charge in [0.25, 0.3) is 0 Å². The first kappa shape index (κ1) is 16.6. The Morgan fingerprint density at radius 1 is 1.15 bits per heavy atom. The van der Waals surface area contributed by atoms with Crippen LogP contribution in [0.5, 0.6) is 0 Å². The van der Waals surface area contributed by atoms with Gasteiger partial charge in [0.15, 0.2) is 0 Å². The van der Waals surface area contributed by atoms with Crippen LogP contribution < -0.4 is 10.6 Å². The summed E-state index contributed by atoms with van der Waals surface area (Å²) in [5.74, 6) is 0.784. The zero-order chi connectivity index (χ0) is 15.1. The number of rotatable bonds is 6. The third-order valence-electron chi connectivity index (χ3n) is 2.93. The molecule has 0 aliphatic rings. The van der Waals surface area contributed by atoms with E-state index in [9.17, 15) is 9.59 Å². The largest absolute Gasteiger partial charge is 0.353 e. The monoisotopic (exact) mass is 294 g/mol. The van der Waals surface area contributed by atoms with Crippen molar-refractivity contribution in [2.75, 3.05) is 11.1 Å². The molecule has 0 spiro atoms. The summed E-state index contributed by atoms with van der Waals surface area (Å²) < 4.78 is 0. The van der Waals surface area contributed by atoms with Crippen molar-refractivity contribution in [3.05, 3.63) is 24.3 Å². The maximum atomic E-state index is 11.8. The van der Waals surface area contributed by atoms with E-state index in [0.29, 0.717) is 11.7 Å². The van der Waals surface area contributed by atoms with E-state index in [2.05, 4.69) is 24.5 Å². The predicted octanol–water partition coefficient (Wildman–Crippen LogP) is 2.90. The molecule has 0 aromatic heterocycles. The highest BCUT2D eigenvalue weighted by Gasteiger charge is 2.10. The van der Waals surface area contributed by atoms with Crippen LogP contribution in [-0.2, 0) is 9.59 Å². The van der Waals surface area contributed by atoms with Crippen molar-refractivity contribution in [1.29, 1.82) is 0 Å². The van der Waals surface area contributed by atoms with E-state index < -0.39 is 0 Å². The van der Waals surface area contributed by atoms with E-state index >= 15 is 0 Å². The Balaban J connectivity index is 2.42. The fourth-order valence-electron chi connectivity index (χ4n) is 1.45. The minimum atomic E-state index is -0.0903. The van der Waals surface area contributed by atoms with Crippen molar-refractivity contribution in [2.24, 2.45) is 5.92 Å². The van der Waals surface area contributed by atoms with Crippen LogP contribution in [0.1, 0.15) is 27.7 Å². The van der Waals surface area contributed by atoms with Gasteiger partial charge < -0.3 is 10.6 Å². The lowest BCUT2D eigenvalue weighted by Crippen LogP contribution is -2.37. The smallest absolute Gasteiger partial charge is 0.230 e. The molecule has 1 rings (SSSR count). The molecule has 0 saturated carbocycles. The van der Waals surface area contributed by atoms with Gasteiger partial charge in [0.05, 0.1) is 5.75 Å². The molecule has 20 heavy (non-hydrogen) atoms. The number of hydrogen-bond donors (Lipinski definition) is 2. The fourth-order valence-corrected chi connectivity index (χ4v) is 2.16. The highest BCUT2D eigenvalue weighted by Crippen LogP contribution is 2.20. The number of nitrogens with one attached hydrogen (secondary N) is 2. The van der Waals surface area contributed by atoms with E-state index in [1.54, 1.807) is 0 Å². The van der Waals surface area contributed by atoms with Gasteiger partial charge in [-0.05, 0) is 37.1 Å². The summed E-state index contributed by atoms with van der Waals surface area (Å²) >= 11 is 1.49. The van der Waals surface area contributed by atoms with Gasteiger partial charge in [-0.1, -0.05) is 13.8 Å². The molecule has 5 heteroatoms. The van der Waals surface area contributed by atoms with Crippen molar-refractivity contribution >= 4 is 29.3 Å². The van der Waals surface area contributed by atoms with Crippen LogP contribution in [0.4, 0.5) is 5.69 Å². The Kier molecular flexibility index (Phi) is 6.58. The third-order valence-corrected chi connectivity index (χ3v) is 3.95. The SMILES string of the molecule is CC(=O)Nc1ccc(SCC(=O)N[C@@H](C)C(C)C)cc1. The standard InChI is InChI=1S/C15H22N2O2S/c1-10(2)11(3)16-15(19)9-20-14-7-5-13(6-8-14)17-12(4)18/h5-8,10-11H,9H2,1-4H3,(H,16,19)(H,17,18)/t11-/m0/s1. The molecule has 1 aromatic carbocycles. The quantitative estimate of drug-likeness (QED) is 0.793. The van der Waals surface area contributed by atoms with Gasteiger partial charge >= 0.3 is 0 Å². The van der Waals surface area contributed by atoms with Crippen molar-refractivity contribution in [2.45, 2.75) is 38.6 Å². The number of benzene rings is 1. The number of amides is 2. The zero-order valence-electron chi connectivity index (χ0n) is 12.4. The minimum Gasteiger partial charge on any atom is -0.353 e. The first-order chi connectivity index (χ1) is 9.38. The van der Waals surface area contributed by atoms with Gasteiger partial charge in [-0.25, -0.2) is 0 Å². The topological polar surface area (TPSA) is 58.2 Å². The van der Waals surface area contributed by atoms with Crippen molar-refractivity contribution in [3.8, 4) is 0 Å². The molecular weight excluding hydrogens is 272 g/mol. The Morgan fingerprint density at radius 3 is 2.25 bits per heavy atom. The molecule has 4 nitrogen and oxygen atoms in total. The maximum absolute atomic E-state index is 11.8. The second-order valence-corrected chi connectivity index (χ2v) is 6.14. The highest BCUT2D eigenvalue weighted by atomic mass is 32.2. The molecule has 2 amide bonds. The minimum absolute atomic E-state index is 0.0436. The third kappa shape index (κ3) is 6.10. The highest BCUT2D eigenvalue weighted by molar-refractivity contribution is 8.00. The number of anilines is 1. The molecule has 0 unspecified atom stereocenters. The average molecular weight is 294 g/mol. The predicted molar refractivity (Wildman–Crippen MR) is 83.9 cm³/mol. The lowest BCUT2D eigenvalue weighted by Gasteiger charge is -2.17. The molecule has 0 aliphatic carbocycles. The summed E-state index contributed by atoms with van der Waals surface area (Å²) in [6.45, 7) is 7.65. The molecule has 1 aromatic rings. The number of carbonyl (C=O) groups is 2. The first-order valence-electron chi connectivity index (χ1n) is 6.68. The number of carbonyl (C=O) groups excluding carboxylic acids is 2. The molecule has 2 N–H and O–H groups in total. The summed E-state index contributed by atoms with van der Waals surface area (Å²) in [7, 11) is 0. The van der Waals surface area contributed by atoms with Crippen LogP contribution in [0.3, 0.4) is 0 Å². The summed E-state index contributed by atoms with van der Waals surface area (Å²) in [6, 6.07) is 7.64. The van der Waals surface area contributed by atoms with Crippen LogP contribution in [0, 0.1) is 5.92 Å². The summed E-state index contributed by atoms with van der Waals surface area (Å²) in [5, 5.41) is 5.68. The van der Waals surface area contributed by atoms with Crippen molar-refractivity contribution in [3.63, 3.8) is 0 Å². The normalized spacial score (nSPS) is 12.1. The molecule has 0 aliphatic heterocycles. The van der Waals surface area contributed by atoms with Crippen molar-refractivity contribution < 1.29 is 9.59 Å². The average Bonchev–Trinajstić information content (AvgIpc) is 2.37. The Hall–Kier alpha value is -1.49. The van der Waals surface area contributed by atoms with Crippen LogP contribution in [0.2, 0.25) is 0 Å². The molecule has 0 radical (unpaired) electrons. The summed E-state index contributed by atoms with van der Waals surface area (Å²) in [5.41, 5.74) is 0.764. The number of hydrogen-bond acceptors (Lipinski definition) is 3. The van der Waals surface area contributed by atoms with Crippen LogP contribution in [0.15, 0.2) is 29.2 Å². The lowest BCUT2D eigenvalue weighted by molar-refractivity contribution is -0.119. The van der Waals surface area contributed by atoms with Crippen LogP contribution in [-0.4, -0.2) is 23.6 Å². The van der Waals surface area contributed by atoms with Gasteiger partial charge in [0.1, 0.15) is 0 Å². The zero-order valence-corrected chi connectivity index (χ0v) is 13.2. The molecule has 110 valence electrons. The molecule has 0 bridgehead atoms. The van der Waals surface area contributed by atoms with Gasteiger partial charge in [0, 0.05) is 23.5 Å². The Bertz CT molecular complexity index is 457. The Labute approximate surface area is 124 Å². The molecule has 1 atom stereocenters. The molecule has 0 fully saturated rings. The van der Waals surface area contributed by atoms with Gasteiger partial charge in [0.2, 0.25) is 11.8 Å². The second kappa shape index (κ2) is 7.94. The number of thioether (sulfide) groups is 1. The molecular formula is C15H22N2O2S. The summed E-state index contributed by atoms with van der Waals surface area (Å²) in [4.78, 5) is 23.7. The molecule has 0 heterocycles. The van der Waals surface area contributed by atoms with E-state index in [4.69, 9.17) is 0 Å². The van der Waals surface area contributed by atoms with Crippen LogP contribution >= 0.6 is 11.8 Å². The van der Waals surface area contributed by atoms with Crippen LogP contribution in [0.25, 0.3) is 0 Å². The summed E-state index contributed by atoms with van der Waals surface area (Å²) in [6.07, 6.45) is 0.